The fourth-order valence-corrected chi connectivity index (χ4v) is 4.90. The molecule has 5 nitrogen and oxygen atoms in total. The van der Waals surface area contributed by atoms with E-state index in [1.807, 2.05) is 59.9 Å². The second-order valence-electron chi connectivity index (χ2n) is 14.6. The number of benzene rings is 2. The lowest BCUT2D eigenvalue weighted by Gasteiger charge is -2.33. The number of carbonyl (C=O) groups is 2. The van der Waals surface area contributed by atoms with E-state index in [4.69, 9.17) is 14.6 Å². The van der Waals surface area contributed by atoms with Crippen LogP contribution in [-0.4, -0.2) is 40.3 Å². The number of rotatable bonds is 10. The van der Waals surface area contributed by atoms with Gasteiger partial charge in [0.25, 0.3) is 0 Å². The summed E-state index contributed by atoms with van der Waals surface area (Å²) in [4.78, 5) is 22.9. The third kappa shape index (κ3) is 20.5. The van der Waals surface area contributed by atoms with Gasteiger partial charge in [0.2, 0.25) is 0 Å². The van der Waals surface area contributed by atoms with E-state index in [2.05, 4.69) is 65.0 Å². The molecule has 0 heterocycles. The monoisotopic (exact) mass is 672 g/mol. The third-order valence-electron chi connectivity index (χ3n) is 8.67. The summed E-state index contributed by atoms with van der Waals surface area (Å²) in [5.41, 5.74) is 1.86. The van der Waals surface area contributed by atoms with Gasteiger partial charge in [-0.15, -0.1) is 0 Å². The molecule has 6 heteroatoms. The summed E-state index contributed by atoms with van der Waals surface area (Å²) >= 11 is 1.69. The Morgan fingerprint density at radius 3 is 1.74 bits per heavy atom. The predicted molar refractivity (Wildman–Crippen MR) is 202 cm³/mol. The minimum atomic E-state index is -0.372. The summed E-state index contributed by atoms with van der Waals surface area (Å²) in [6.07, 6.45) is 11.5. The lowest BCUT2D eigenvalue weighted by molar-refractivity contribution is -0.166. The zero-order valence-corrected chi connectivity index (χ0v) is 32.7. The quantitative estimate of drug-likeness (QED) is 0.253. The molecule has 47 heavy (non-hydrogen) atoms. The number of phenols is 1. The first-order valence-corrected chi connectivity index (χ1v) is 19.1. The molecule has 2 aromatic rings. The van der Waals surface area contributed by atoms with Gasteiger partial charge in [0.05, 0.1) is 11.8 Å². The molecule has 1 fully saturated rings. The van der Waals surface area contributed by atoms with Crippen molar-refractivity contribution in [1.82, 2.24) is 0 Å². The van der Waals surface area contributed by atoms with Crippen LogP contribution in [0.25, 0.3) is 0 Å². The molecule has 0 amide bonds. The number of ether oxygens (including phenoxy) is 2. The minimum Gasteiger partial charge on any atom is -0.508 e. The molecule has 0 aromatic heterocycles. The lowest BCUT2D eigenvalue weighted by atomic mass is 9.86. The first-order valence-electron chi connectivity index (χ1n) is 17.7. The lowest BCUT2D eigenvalue weighted by Crippen LogP contribution is -2.34. The fourth-order valence-electron chi connectivity index (χ4n) is 4.53. The van der Waals surface area contributed by atoms with Crippen molar-refractivity contribution in [3.63, 3.8) is 0 Å². The summed E-state index contributed by atoms with van der Waals surface area (Å²) in [6.45, 7) is 22.4. The van der Waals surface area contributed by atoms with Crippen LogP contribution in [0.1, 0.15) is 157 Å². The first-order chi connectivity index (χ1) is 21.9. The Labute approximate surface area is 293 Å². The predicted octanol–water partition coefficient (Wildman–Crippen LogP) is 11.9. The summed E-state index contributed by atoms with van der Waals surface area (Å²) in [5.74, 6) is 2.38. The molecule has 1 aliphatic rings. The van der Waals surface area contributed by atoms with Gasteiger partial charge in [0, 0.05) is 5.75 Å². The first kappa shape index (κ1) is 44.5. The molecule has 2 unspecified atom stereocenters. The van der Waals surface area contributed by atoms with Crippen molar-refractivity contribution < 1.29 is 24.2 Å². The highest BCUT2D eigenvalue weighted by Crippen LogP contribution is 2.31. The van der Waals surface area contributed by atoms with Crippen LogP contribution < -0.4 is 0 Å². The summed E-state index contributed by atoms with van der Waals surface area (Å²) in [6, 6.07) is 18.1. The van der Waals surface area contributed by atoms with Crippen molar-refractivity contribution in [3.05, 3.63) is 65.7 Å². The number of hydrogen-bond donors (Lipinski definition) is 1. The Morgan fingerprint density at radius 2 is 1.32 bits per heavy atom. The number of thioether (sulfide) groups is 1. The molecule has 2 atom stereocenters. The van der Waals surface area contributed by atoms with Gasteiger partial charge in [-0.3, -0.25) is 9.59 Å². The molecule has 1 N–H and O–H groups in total. The second-order valence-corrected chi connectivity index (χ2v) is 15.6. The van der Waals surface area contributed by atoms with Crippen molar-refractivity contribution in [1.29, 1.82) is 0 Å². The van der Waals surface area contributed by atoms with E-state index >= 15 is 0 Å². The van der Waals surface area contributed by atoms with E-state index in [0.717, 1.165) is 31.4 Å². The van der Waals surface area contributed by atoms with Crippen LogP contribution >= 0.6 is 11.8 Å². The van der Waals surface area contributed by atoms with E-state index in [1.54, 1.807) is 23.9 Å². The van der Waals surface area contributed by atoms with Gasteiger partial charge in [0.1, 0.15) is 17.0 Å². The van der Waals surface area contributed by atoms with Gasteiger partial charge < -0.3 is 14.6 Å². The maximum absolute atomic E-state index is 11.5. The van der Waals surface area contributed by atoms with Gasteiger partial charge in [-0.1, -0.05) is 83.5 Å². The maximum Gasteiger partial charge on any atom is 0.312 e. The third-order valence-corrected chi connectivity index (χ3v) is 9.28. The Morgan fingerprint density at radius 1 is 0.830 bits per heavy atom. The summed E-state index contributed by atoms with van der Waals surface area (Å²) in [5, 5.41) is 9.01. The number of hydrogen-bond acceptors (Lipinski definition) is 6. The smallest absolute Gasteiger partial charge is 0.312 e. The van der Waals surface area contributed by atoms with E-state index < -0.39 is 0 Å². The Balaban J connectivity index is 0.000000605. The van der Waals surface area contributed by atoms with Crippen LogP contribution in [0.5, 0.6) is 5.75 Å². The van der Waals surface area contributed by atoms with Crippen LogP contribution in [0.4, 0.5) is 0 Å². The molecule has 268 valence electrons. The van der Waals surface area contributed by atoms with Crippen LogP contribution in [0, 0.1) is 5.41 Å². The van der Waals surface area contributed by atoms with Crippen molar-refractivity contribution in [2.75, 3.05) is 12.0 Å². The van der Waals surface area contributed by atoms with Crippen LogP contribution in [0.15, 0.2) is 54.6 Å². The fraction of sp³-hybridized carbons (Fsp3) is 0.659. The molecule has 0 saturated heterocycles. The standard InChI is InChI=1S/C11H20O2S.C10H20O2.C10H14O.C10H14/c1-11(7-4-3-5-8-11)13-10(12)6-9-14-2;1-7-10(5,6)8(11)12-9(2,3)4;1-3-8(2)9-4-6-10(11)7-5-9;1-3-9(2)10-7-5-4-6-8-10/h3-9H2,1-2H3;7H2,1-6H3;4-8,11H,3H2,1-2H3;4-9H,3H2,1-2H3. The Bertz CT molecular complexity index is 1100. The Hall–Kier alpha value is -2.47. The molecular weight excluding hydrogens is 605 g/mol. The van der Waals surface area contributed by atoms with Crippen LogP contribution in [0.2, 0.25) is 0 Å². The zero-order chi connectivity index (χ0) is 36.1. The van der Waals surface area contributed by atoms with Gasteiger partial charge in [-0.2, -0.15) is 11.8 Å². The molecule has 0 spiro atoms. The molecule has 0 bridgehead atoms. The number of carbonyl (C=O) groups excluding carboxylic acids is 2. The van der Waals surface area contributed by atoms with Crippen LogP contribution in [0.3, 0.4) is 0 Å². The molecule has 1 aliphatic carbocycles. The van der Waals surface area contributed by atoms with Gasteiger partial charge >= 0.3 is 11.9 Å². The topological polar surface area (TPSA) is 72.8 Å². The molecular formula is C41H68O5S. The van der Waals surface area contributed by atoms with E-state index in [-0.39, 0.29) is 28.6 Å². The highest BCUT2D eigenvalue weighted by Gasteiger charge is 2.31. The minimum absolute atomic E-state index is 0.0243. The van der Waals surface area contributed by atoms with Gasteiger partial charge in [-0.25, -0.2) is 0 Å². The average Bonchev–Trinajstić information content (AvgIpc) is 3.04. The van der Waals surface area contributed by atoms with Crippen molar-refractivity contribution >= 4 is 23.7 Å². The van der Waals surface area contributed by atoms with E-state index in [1.165, 1.54) is 36.8 Å². The normalized spacial score (nSPS) is 15.1. The van der Waals surface area contributed by atoms with Crippen molar-refractivity contribution in [3.8, 4) is 5.75 Å². The second kappa shape index (κ2) is 23.0. The number of esters is 2. The Kier molecular flexibility index (Phi) is 21.8. The summed E-state index contributed by atoms with van der Waals surface area (Å²) in [7, 11) is 0. The number of aromatic hydroxyl groups is 1. The highest BCUT2D eigenvalue weighted by molar-refractivity contribution is 7.98. The van der Waals surface area contributed by atoms with Gasteiger partial charge in [0.15, 0.2) is 0 Å². The van der Waals surface area contributed by atoms with Crippen molar-refractivity contribution in [2.24, 2.45) is 5.41 Å². The van der Waals surface area contributed by atoms with E-state index in [9.17, 15) is 9.59 Å². The maximum atomic E-state index is 11.5. The van der Waals surface area contributed by atoms with Crippen molar-refractivity contribution in [2.45, 2.75) is 157 Å². The molecule has 0 aliphatic heterocycles. The SMILES string of the molecule is CCC(C)(C)C(=O)OC(C)(C)C.CCC(C)c1ccc(O)cc1.CCC(C)c1ccccc1.CSCCC(=O)OC1(C)CCCCC1. The largest absolute Gasteiger partial charge is 0.508 e. The summed E-state index contributed by atoms with van der Waals surface area (Å²) < 4.78 is 10.8. The highest BCUT2D eigenvalue weighted by atomic mass is 32.2. The molecule has 0 radical (unpaired) electrons. The van der Waals surface area contributed by atoms with Crippen LogP contribution in [-0.2, 0) is 19.1 Å². The average molecular weight is 673 g/mol. The zero-order valence-electron chi connectivity index (χ0n) is 31.9. The molecule has 3 rings (SSSR count). The van der Waals surface area contributed by atoms with Gasteiger partial charge in [-0.05, 0) is 128 Å². The molecule has 2 aromatic carbocycles. The number of phenolic OH excluding ortho intramolecular Hbond substituents is 1. The van der Waals surface area contributed by atoms with E-state index in [0.29, 0.717) is 24.0 Å². The molecule has 1 saturated carbocycles.